The van der Waals surface area contributed by atoms with E-state index in [2.05, 4.69) is 15.6 Å². The van der Waals surface area contributed by atoms with Crippen molar-refractivity contribution >= 4 is 23.5 Å². The number of rotatable bonds is 9. The van der Waals surface area contributed by atoms with Crippen molar-refractivity contribution in [1.29, 1.82) is 0 Å². The van der Waals surface area contributed by atoms with E-state index in [0.717, 1.165) is 31.0 Å². The standard InChI is InChI=1S/C18H27ClN4O2/c1-20-18(21-10-4-7-17(24)22-15-8-9-15)23(2)11-12-25-16-6-3-5-14(19)13-16/h3,5-6,13,15H,4,7-12H2,1-2H3,(H,20,21)(H,22,24). The summed E-state index contributed by atoms with van der Waals surface area (Å²) < 4.78 is 5.69. The molecule has 0 radical (unpaired) electrons. The van der Waals surface area contributed by atoms with Crippen LogP contribution in [0, 0.1) is 0 Å². The van der Waals surface area contributed by atoms with Crippen molar-refractivity contribution < 1.29 is 9.53 Å². The Morgan fingerprint density at radius 2 is 2.24 bits per heavy atom. The van der Waals surface area contributed by atoms with Crippen LogP contribution in [0.3, 0.4) is 0 Å². The summed E-state index contributed by atoms with van der Waals surface area (Å²) in [6.45, 7) is 1.93. The zero-order valence-electron chi connectivity index (χ0n) is 14.9. The highest BCUT2D eigenvalue weighted by Crippen LogP contribution is 2.18. The summed E-state index contributed by atoms with van der Waals surface area (Å²) in [4.78, 5) is 17.9. The first kappa shape index (κ1) is 19.4. The molecule has 138 valence electrons. The molecule has 0 atom stereocenters. The van der Waals surface area contributed by atoms with Crippen LogP contribution in [0.25, 0.3) is 0 Å². The number of amides is 1. The number of ether oxygens (including phenoxy) is 1. The number of benzene rings is 1. The number of carbonyl (C=O) groups excluding carboxylic acids is 1. The number of nitrogens with zero attached hydrogens (tertiary/aromatic N) is 2. The largest absolute Gasteiger partial charge is 0.492 e. The van der Waals surface area contributed by atoms with Gasteiger partial charge in [-0.1, -0.05) is 17.7 Å². The van der Waals surface area contributed by atoms with Crippen LogP contribution in [0.15, 0.2) is 29.3 Å². The van der Waals surface area contributed by atoms with Gasteiger partial charge in [-0.2, -0.15) is 0 Å². The van der Waals surface area contributed by atoms with Crippen LogP contribution >= 0.6 is 11.6 Å². The molecule has 1 aliphatic rings. The molecule has 0 unspecified atom stereocenters. The van der Waals surface area contributed by atoms with Crippen molar-refractivity contribution in [2.45, 2.75) is 31.7 Å². The second-order valence-corrected chi connectivity index (χ2v) is 6.58. The molecule has 1 saturated carbocycles. The fourth-order valence-corrected chi connectivity index (χ4v) is 2.50. The maximum atomic E-state index is 11.6. The number of aliphatic imine (C=N–C) groups is 1. The van der Waals surface area contributed by atoms with Crippen LogP contribution in [-0.4, -0.2) is 56.6 Å². The van der Waals surface area contributed by atoms with Crippen molar-refractivity contribution in [3.8, 4) is 5.75 Å². The molecule has 0 bridgehead atoms. The average Bonchev–Trinajstić information content (AvgIpc) is 3.38. The highest BCUT2D eigenvalue weighted by molar-refractivity contribution is 6.30. The van der Waals surface area contributed by atoms with Gasteiger partial charge < -0.3 is 20.3 Å². The summed E-state index contributed by atoms with van der Waals surface area (Å²) in [5.41, 5.74) is 0. The van der Waals surface area contributed by atoms with E-state index in [9.17, 15) is 4.79 Å². The van der Waals surface area contributed by atoms with Crippen molar-refractivity contribution in [3.05, 3.63) is 29.3 Å². The zero-order valence-corrected chi connectivity index (χ0v) is 15.7. The second-order valence-electron chi connectivity index (χ2n) is 6.15. The van der Waals surface area contributed by atoms with E-state index in [-0.39, 0.29) is 5.91 Å². The Bertz CT molecular complexity index is 590. The molecule has 1 aromatic rings. The monoisotopic (exact) mass is 366 g/mol. The van der Waals surface area contributed by atoms with Gasteiger partial charge in [-0.25, -0.2) is 0 Å². The van der Waals surface area contributed by atoms with Crippen LogP contribution in [0.4, 0.5) is 0 Å². The van der Waals surface area contributed by atoms with Crippen LogP contribution in [0.5, 0.6) is 5.75 Å². The van der Waals surface area contributed by atoms with Crippen molar-refractivity contribution in [3.63, 3.8) is 0 Å². The fourth-order valence-electron chi connectivity index (χ4n) is 2.32. The van der Waals surface area contributed by atoms with E-state index >= 15 is 0 Å². The summed E-state index contributed by atoms with van der Waals surface area (Å²) >= 11 is 5.94. The smallest absolute Gasteiger partial charge is 0.220 e. The molecule has 0 spiro atoms. The first-order chi connectivity index (χ1) is 12.1. The molecule has 1 aliphatic carbocycles. The van der Waals surface area contributed by atoms with Crippen LogP contribution < -0.4 is 15.4 Å². The van der Waals surface area contributed by atoms with E-state index in [1.165, 1.54) is 0 Å². The van der Waals surface area contributed by atoms with Gasteiger partial charge >= 0.3 is 0 Å². The number of halogens is 1. The number of hydrogen-bond donors (Lipinski definition) is 2. The lowest BCUT2D eigenvalue weighted by molar-refractivity contribution is -0.121. The number of guanidine groups is 1. The maximum absolute atomic E-state index is 11.6. The Kier molecular flexibility index (Phi) is 7.85. The van der Waals surface area contributed by atoms with Crippen molar-refractivity contribution in [1.82, 2.24) is 15.5 Å². The van der Waals surface area contributed by atoms with Gasteiger partial charge in [-0.3, -0.25) is 9.79 Å². The summed E-state index contributed by atoms with van der Waals surface area (Å²) in [6, 6.07) is 7.78. The van der Waals surface area contributed by atoms with Gasteiger partial charge in [0.05, 0.1) is 6.54 Å². The third-order valence-electron chi connectivity index (χ3n) is 3.87. The minimum absolute atomic E-state index is 0.141. The predicted octanol–water partition coefficient (Wildman–Crippen LogP) is 2.28. The molecular formula is C18H27ClN4O2. The van der Waals surface area contributed by atoms with Crippen LogP contribution in [0.2, 0.25) is 5.02 Å². The number of nitrogens with one attached hydrogen (secondary N) is 2. The molecule has 6 nitrogen and oxygen atoms in total. The van der Waals surface area contributed by atoms with Crippen molar-refractivity contribution in [2.75, 3.05) is 33.8 Å². The molecule has 0 aliphatic heterocycles. The van der Waals surface area contributed by atoms with Crippen molar-refractivity contribution in [2.24, 2.45) is 4.99 Å². The maximum Gasteiger partial charge on any atom is 0.220 e. The van der Waals surface area contributed by atoms with Gasteiger partial charge in [0.25, 0.3) is 0 Å². The molecule has 0 saturated heterocycles. The van der Waals surface area contributed by atoms with E-state index < -0.39 is 0 Å². The highest BCUT2D eigenvalue weighted by Gasteiger charge is 2.22. The first-order valence-corrected chi connectivity index (χ1v) is 9.06. The summed E-state index contributed by atoms with van der Waals surface area (Å²) in [6.07, 6.45) is 3.57. The minimum Gasteiger partial charge on any atom is -0.492 e. The van der Waals surface area contributed by atoms with E-state index in [1.807, 2.05) is 30.1 Å². The molecule has 1 aromatic carbocycles. The molecular weight excluding hydrogens is 340 g/mol. The summed E-state index contributed by atoms with van der Waals surface area (Å²) in [5, 5.41) is 6.92. The zero-order chi connectivity index (χ0) is 18.1. The Morgan fingerprint density at radius 1 is 1.44 bits per heavy atom. The number of carbonyl (C=O) groups is 1. The third-order valence-corrected chi connectivity index (χ3v) is 4.11. The molecule has 0 heterocycles. The highest BCUT2D eigenvalue weighted by atomic mass is 35.5. The van der Waals surface area contributed by atoms with Crippen LogP contribution in [-0.2, 0) is 4.79 Å². The quantitative estimate of drug-likeness (QED) is 0.400. The molecule has 2 rings (SSSR count). The lowest BCUT2D eigenvalue weighted by atomic mass is 10.3. The topological polar surface area (TPSA) is 66.0 Å². The second kappa shape index (κ2) is 10.1. The van der Waals surface area contributed by atoms with E-state index in [0.29, 0.717) is 37.2 Å². The Labute approximate surface area is 154 Å². The molecule has 2 N–H and O–H groups in total. The molecule has 25 heavy (non-hydrogen) atoms. The number of likely N-dealkylation sites (N-methyl/N-ethyl adjacent to an activating group) is 1. The average molecular weight is 367 g/mol. The van der Waals surface area contributed by atoms with Gasteiger partial charge in [0.15, 0.2) is 5.96 Å². The summed E-state index contributed by atoms with van der Waals surface area (Å²) in [5.74, 6) is 1.69. The summed E-state index contributed by atoms with van der Waals surface area (Å²) in [7, 11) is 3.70. The SMILES string of the molecule is CN=C(NCCCC(=O)NC1CC1)N(C)CCOc1cccc(Cl)c1. The Balaban J connectivity index is 1.60. The Morgan fingerprint density at radius 3 is 2.92 bits per heavy atom. The van der Waals surface area contributed by atoms with E-state index in [1.54, 1.807) is 13.1 Å². The van der Waals surface area contributed by atoms with Crippen LogP contribution in [0.1, 0.15) is 25.7 Å². The van der Waals surface area contributed by atoms with Gasteiger partial charge in [0.2, 0.25) is 5.91 Å². The van der Waals surface area contributed by atoms with Gasteiger partial charge in [0, 0.05) is 38.1 Å². The molecule has 1 amide bonds. The Hall–Kier alpha value is -1.95. The normalized spacial score (nSPS) is 14.1. The lowest BCUT2D eigenvalue weighted by Crippen LogP contribution is -2.41. The predicted molar refractivity (Wildman–Crippen MR) is 101 cm³/mol. The third kappa shape index (κ3) is 7.65. The molecule has 0 aromatic heterocycles. The minimum atomic E-state index is 0.141. The number of hydrogen-bond acceptors (Lipinski definition) is 3. The fraction of sp³-hybridized carbons (Fsp3) is 0.556. The molecule has 7 heteroatoms. The van der Waals surface area contributed by atoms with Gasteiger partial charge in [-0.05, 0) is 37.5 Å². The van der Waals surface area contributed by atoms with E-state index in [4.69, 9.17) is 16.3 Å². The van der Waals surface area contributed by atoms with Gasteiger partial charge in [0.1, 0.15) is 12.4 Å². The first-order valence-electron chi connectivity index (χ1n) is 8.68. The van der Waals surface area contributed by atoms with Gasteiger partial charge in [-0.15, -0.1) is 0 Å². The molecule has 1 fully saturated rings. The lowest BCUT2D eigenvalue weighted by Gasteiger charge is -2.22.